The first-order chi connectivity index (χ1) is 35.4. The Balaban J connectivity index is 2.88. The van der Waals surface area contributed by atoms with E-state index in [4.69, 9.17) is 23.7 Å². The summed E-state index contributed by atoms with van der Waals surface area (Å²) in [5.74, 6) is -8.67. The summed E-state index contributed by atoms with van der Waals surface area (Å²) in [5.41, 5.74) is -5.29. The van der Waals surface area contributed by atoms with Crippen LogP contribution < -0.4 is 0 Å². The molecule has 0 aromatic carbocycles. The maximum atomic E-state index is 13.8. The second-order valence-corrected chi connectivity index (χ2v) is 21.5. The SMILES string of the molecule is CCCCCCCCCCCCCCCCOC(=O)CC(O)(CC(=O)OC1(CCCCCCCCCCCCCCC)OC(=O)CC(O)(CC=O)C(=O)O1)C(=O)OCCCCCCCCCCCCCCCC. The van der Waals surface area contributed by atoms with Crippen LogP contribution in [0.25, 0.3) is 0 Å². The van der Waals surface area contributed by atoms with Gasteiger partial charge in [-0.25, -0.2) is 9.59 Å². The summed E-state index contributed by atoms with van der Waals surface area (Å²) < 4.78 is 27.4. The molecule has 0 spiro atoms. The van der Waals surface area contributed by atoms with Gasteiger partial charge in [-0.05, 0) is 19.3 Å². The van der Waals surface area contributed by atoms with E-state index in [1.807, 2.05) is 0 Å². The molecule has 3 atom stereocenters. The molecule has 0 aliphatic carbocycles. The normalized spacial score (nSPS) is 17.6. The van der Waals surface area contributed by atoms with Gasteiger partial charge in [-0.2, -0.15) is 0 Å². The van der Waals surface area contributed by atoms with Crippen LogP contribution in [0.4, 0.5) is 0 Å². The van der Waals surface area contributed by atoms with Crippen molar-refractivity contribution in [1.82, 2.24) is 0 Å². The average molecular weight is 1040 g/mol. The first-order valence-electron chi connectivity index (χ1n) is 30.3. The van der Waals surface area contributed by atoms with E-state index in [0.29, 0.717) is 19.3 Å². The van der Waals surface area contributed by atoms with Crippen LogP contribution in [0.1, 0.15) is 316 Å². The van der Waals surface area contributed by atoms with E-state index >= 15 is 0 Å². The Kier molecular flexibility index (Phi) is 42.0. The monoisotopic (exact) mass is 1040 g/mol. The van der Waals surface area contributed by atoms with Crippen molar-refractivity contribution in [3.63, 3.8) is 0 Å². The van der Waals surface area contributed by atoms with Crippen molar-refractivity contribution < 1.29 is 62.7 Å². The van der Waals surface area contributed by atoms with Crippen LogP contribution in [0.3, 0.4) is 0 Å². The largest absolute Gasteiger partial charge is 0.466 e. The Morgan fingerprint density at radius 2 is 0.822 bits per heavy atom. The molecule has 2 N–H and O–H groups in total. The smallest absolute Gasteiger partial charge is 0.423 e. The number of carbonyl (C=O) groups excluding carboxylic acids is 6. The number of aldehydes is 1. The fourth-order valence-corrected chi connectivity index (χ4v) is 9.65. The maximum absolute atomic E-state index is 13.8. The number of hydrogen-bond acceptors (Lipinski definition) is 13. The van der Waals surface area contributed by atoms with Gasteiger partial charge in [0.25, 0.3) is 0 Å². The lowest BCUT2D eigenvalue weighted by molar-refractivity contribution is -0.331. The number of rotatable bonds is 52. The van der Waals surface area contributed by atoms with Crippen LogP contribution in [0.15, 0.2) is 0 Å². The highest BCUT2D eigenvalue weighted by Gasteiger charge is 2.54. The summed E-state index contributed by atoms with van der Waals surface area (Å²) in [7, 11) is 0. The first kappa shape index (κ1) is 68.0. The Bertz CT molecular complexity index is 1420. The van der Waals surface area contributed by atoms with Gasteiger partial charge in [-0.1, -0.05) is 265 Å². The molecule has 73 heavy (non-hydrogen) atoms. The maximum Gasteiger partial charge on any atom is 0.423 e. The highest BCUT2D eigenvalue weighted by Crippen LogP contribution is 2.34. The number of carbonyl (C=O) groups is 6. The molecule has 1 rings (SSSR count). The van der Waals surface area contributed by atoms with Gasteiger partial charge in [-0.3, -0.25) is 14.4 Å². The van der Waals surface area contributed by atoms with E-state index in [1.54, 1.807) is 0 Å². The number of unbranched alkanes of at least 4 members (excludes halogenated alkanes) is 38. The number of hydrogen-bond donors (Lipinski definition) is 2. The summed E-state index contributed by atoms with van der Waals surface area (Å²) in [6.07, 6.45) is 42.2. The number of ether oxygens (including phenoxy) is 5. The summed E-state index contributed by atoms with van der Waals surface area (Å²) in [5, 5.41) is 22.8. The molecular weight excluding hydrogens is 929 g/mol. The fraction of sp³-hybridized carbons (Fsp3) is 0.900. The van der Waals surface area contributed by atoms with Crippen LogP contribution in [0, 0.1) is 0 Å². The third-order valence-corrected chi connectivity index (χ3v) is 14.4. The van der Waals surface area contributed by atoms with Crippen molar-refractivity contribution in [2.45, 2.75) is 333 Å². The summed E-state index contributed by atoms with van der Waals surface area (Å²) in [4.78, 5) is 78.5. The molecule has 0 saturated carbocycles. The van der Waals surface area contributed by atoms with Crippen LogP contribution in [0.2, 0.25) is 0 Å². The van der Waals surface area contributed by atoms with Gasteiger partial charge in [0.15, 0.2) is 11.2 Å². The summed E-state index contributed by atoms with van der Waals surface area (Å²) >= 11 is 0. The quantitative estimate of drug-likeness (QED) is 0.0254. The lowest BCUT2D eigenvalue weighted by atomic mass is 9.95. The molecule has 0 aromatic heterocycles. The van der Waals surface area contributed by atoms with E-state index in [0.717, 1.165) is 70.6 Å². The number of aliphatic hydroxyl groups is 2. The molecule has 426 valence electrons. The van der Waals surface area contributed by atoms with Crippen molar-refractivity contribution in [1.29, 1.82) is 0 Å². The summed E-state index contributed by atoms with van der Waals surface area (Å²) in [6.45, 7) is 6.71. The zero-order chi connectivity index (χ0) is 53.6. The van der Waals surface area contributed by atoms with Gasteiger partial charge in [0.2, 0.25) is 0 Å². The van der Waals surface area contributed by atoms with Crippen molar-refractivity contribution in [3.05, 3.63) is 0 Å². The molecule has 0 bridgehead atoms. The van der Waals surface area contributed by atoms with Crippen molar-refractivity contribution >= 4 is 36.1 Å². The van der Waals surface area contributed by atoms with Gasteiger partial charge < -0.3 is 38.7 Å². The van der Waals surface area contributed by atoms with Gasteiger partial charge >= 0.3 is 35.8 Å². The predicted molar refractivity (Wildman–Crippen MR) is 288 cm³/mol. The first-order valence-corrected chi connectivity index (χ1v) is 30.3. The third kappa shape index (κ3) is 35.8. The second-order valence-electron chi connectivity index (χ2n) is 21.5. The topological polar surface area (TPSA) is 189 Å². The third-order valence-electron chi connectivity index (χ3n) is 14.4. The molecule has 13 heteroatoms. The Labute approximate surface area is 443 Å². The van der Waals surface area contributed by atoms with Gasteiger partial charge in [0.05, 0.1) is 38.9 Å². The van der Waals surface area contributed by atoms with E-state index in [2.05, 4.69) is 20.8 Å². The molecule has 1 fully saturated rings. The van der Waals surface area contributed by atoms with E-state index in [9.17, 15) is 39.0 Å². The molecule has 0 radical (unpaired) electrons. The Morgan fingerprint density at radius 3 is 1.19 bits per heavy atom. The molecular formula is C60H108O13. The lowest BCUT2D eigenvalue weighted by Crippen LogP contribution is -2.49. The van der Waals surface area contributed by atoms with Crippen molar-refractivity contribution in [2.24, 2.45) is 0 Å². The van der Waals surface area contributed by atoms with Crippen LogP contribution in [0.5, 0.6) is 0 Å². The van der Waals surface area contributed by atoms with Crippen LogP contribution >= 0.6 is 0 Å². The highest BCUT2D eigenvalue weighted by atomic mass is 16.9. The minimum absolute atomic E-state index is 0.0458. The summed E-state index contributed by atoms with van der Waals surface area (Å²) in [6, 6.07) is 0. The molecule has 1 aliphatic heterocycles. The highest BCUT2D eigenvalue weighted by molar-refractivity contribution is 5.91. The van der Waals surface area contributed by atoms with Crippen molar-refractivity contribution in [3.8, 4) is 0 Å². The van der Waals surface area contributed by atoms with E-state index < -0.39 is 72.7 Å². The molecule has 1 saturated heterocycles. The zero-order valence-corrected chi connectivity index (χ0v) is 46.9. The minimum Gasteiger partial charge on any atom is -0.466 e. The molecule has 3 unspecified atom stereocenters. The number of esters is 5. The predicted octanol–water partition coefficient (Wildman–Crippen LogP) is 15.0. The molecule has 0 amide bonds. The molecule has 0 aromatic rings. The fourth-order valence-electron chi connectivity index (χ4n) is 9.65. The molecule has 13 nitrogen and oxygen atoms in total. The van der Waals surface area contributed by atoms with Gasteiger partial charge in [0.1, 0.15) is 6.29 Å². The van der Waals surface area contributed by atoms with E-state index in [1.165, 1.54) is 167 Å². The number of cyclic esters (lactones) is 2. The van der Waals surface area contributed by atoms with Crippen LogP contribution in [-0.2, 0) is 52.5 Å². The minimum atomic E-state index is -2.73. The van der Waals surface area contributed by atoms with Crippen LogP contribution in [-0.4, -0.2) is 76.7 Å². The average Bonchev–Trinajstić information content (AvgIpc) is 3.43. The second kappa shape index (κ2) is 45.2. The van der Waals surface area contributed by atoms with Gasteiger partial charge in [0, 0.05) is 6.42 Å². The van der Waals surface area contributed by atoms with Crippen molar-refractivity contribution in [2.75, 3.05) is 13.2 Å². The molecule has 1 heterocycles. The lowest BCUT2D eigenvalue weighted by Gasteiger charge is -2.32. The standard InChI is InChI=1S/C60H108O13/c1-4-7-10-13-16-19-22-25-28-31-34-37-40-43-48-69-53(62)50-59(68,56(65)70-49-44-41-38-35-32-29-26-23-20-17-14-11-8-5-2)52-55(64)72-60(71-54(63)51-58(67,46-47-61)57(66)73-60)45-42-39-36-33-30-27-24-21-18-15-12-9-6-3/h47,67-68H,4-46,48-52H2,1-3H3. The Hall–Kier alpha value is -3.06. The molecule has 1 aliphatic rings. The Morgan fingerprint density at radius 1 is 0.493 bits per heavy atom. The van der Waals surface area contributed by atoms with Gasteiger partial charge in [-0.15, -0.1) is 0 Å². The zero-order valence-electron chi connectivity index (χ0n) is 46.9. The van der Waals surface area contributed by atoms with E-state index in [-0.39, 0.29) is 32.3 Å².